The summed E-state index contributed by atoms with van der Waals surface area (Å²) < 4.78 is 5.22. The average molecular weight is 283 g/mol. The molecule has 2 aromatic rings. The quantitative estimate of drug-likeness (QED) is 0.768. The summed E-state index contributed by atoms with van der Waals surface area (Å²) in [5.41, 5.74) is 3.83. The molecule has 0 amide bonds. The molecule has 2 aromatic carbocycles. The van der Waals surface area contributed by atoms with Gasteiger partial charge in [0.25, 0.3) is 0 Å². The summed E-state index contributed by atoms with van der Waals surface area (Å²) in [4.78, 5) is 0. The van der Waals surface area contributed by atoms with Crippen molar-refractivity contribution >= 4 is 5.69 Å². The molecule has 1 N–H and O–H groups in total. The average Bonchev–Trinajstić information content (AvgIpc) is 2.53. The minimum Gasteiger partial charge on any atom is -0.497 e. The van der Waals surface area contributed by atoms with Gasteiger partial charge in [0.2, 0.25) is 0 Å². The highest BCUT2D eigenvalue weighted by Crippen LogP contribution is 2.25. The van der Waals surface area contributed by atoms with Gasteiger partial charge in [-0.1, -0.05) is 45.0 Å². The maximum Gasteiger partial charge on any atom is 0.118 e. The second-order valence-electron chi connectivity index (χ2n) is 5.66. The Hall–Kier alpha value is -1.96. The van der Waals surface area contributed by atoms with Crippen molar-refractivity contribution in [2.45, 2.75) is 39.2 Å². The van der Waals surface area contributed by atoms with Gasteiger partial charge in [0, 0.05) is 5.69 Å². The van der Waals surface area contributed by atoms with Gasteiger partial charge >= 0.3 is 0 Å². The van der Waals surface area contributed by atoms with Gasteiger partial charge in [-0.05, 0) is 47.7 Å². The van der Waals surface area contributed by atoms with Gasteiger partial charge < -0.3 is 10.1 Å². The van der Waals surface area contributed by atoms with Gasteiger partial charge in [0.05, 0.1) is 13.2 Å². The van der Waals surface area contributed by atoms with Crippen molar-refractivity contribution in [3.8, 4) is 5.75 Å². The molecule has 0 fully saturated rings. The Morgan fingerprint density at radius 2 is 1.48 bits per heavy atom. The second-order valence-corrected chi connectivity index (χ2v) is 5.66. The number of hydrogen-bond acceptors (Lipinski definition) is 2. The standard InChI is InChI=1S/C19H25NO/c1-5-19(16-8-12-18(21-4)13-9-16)20-17-10-6-15(7-11-17)14(2)3/h6-14,19-20H,5H2,1-4H3. The largest absolute Gasteiger partial charge is 0.497 e. The molecular weight excluding hydrogens is 258 g/mol. The third-order valence-corrected chi connectivity index (χ3v) is 3.84. The zero-order valence-corrected chi connectivity index (χ0v) is 13.4. The van der Waals surface area contributed by atoms with Gasteiger partial charge in [0.1, 0.15) is 5.75 Å². The lowest BCUT2D eigenvalue weighted by molar-refractivity contribution is 0.414. The molecule has 2 heteroatoms. The summed E-state index contributed by atoms with van der Waals surface area (Å²) in [6.07, 6.45) is 1.04. The Balaban J connectivity index is 2.10. The van der Waals surface area contributed by atoms with Crippen LogP contribution in [0.25, 0.3) is 0 Å². The topological polar surface area (TPSA) is 21.3 Å². The summed E-state index contributed by atoms with van der Waals surface area (Å²) in [5.74, 6) is 1.47. The lowest BCUT2D eigenvalue weighted by Crippen LogP contribution is -2.09. The summed E-state index contributed by atoms with van der Waals surface area (Å²) in [6.45, 7) is 6.63. The fourth-order valence-electron chi connectivity index (χ4n) is 2.42. The molecule has 0 heterocycles. The number of ether oxygens (including phenoxy) is 1. The Bertz CT molecular complexity index is 543. The van der Waals surface area contributed by atoms with E-state index in [2.05, 4.69) is 62.5 Å². The van der Waals surface area contributed by atoms with Crippen molar-refractivity contribution in [1.29, 1.82) is 0 Å². The molecule has 2 nitrogen and oxygen atoms in total. The Morgan fingerprint density at radius 1 is 0.905 bits per heavy atom. The Morgan fingerprint density at radius 3 is 1.95 bits per heavy atom. The highest BCUT2D eigenvalue weighted by Gasteiger charge is 2.09. The molecule has 0 aliphatic carbocycles. The van der Waals surface area contributed by atoms with E-state index in [1.165, 1.54) is 16.8 Å². The zero-order chi connectivity index (χ0) is 15.2. The maximum absolute atomic E-state index is 5.22. The number of methoxy groups -OCH3 is 1. The first kappa shape index (κ1) is 15.4. The molecule has 0 bridgehead atoms. The van der Waals surface area contributed by atoms with Crippen LogP contribution in [0.15, 0.2) is 48.5 Å². The Kier molecular flexibility index (Phi) is 5.26. The smallest absolute Gasteiger partial charge is 0.118 e. The van der Waals surface area contributed by atoms with Crippen LogP contribution in [0.1, 0.15) is 50.3 Å². The van der Waals surface area contributed by atoms with Crippen molar-refractivity contribution in [3.05, 3.63) is 59.7 Å². The Labute approximate surface area is 128 Å². The molecule has 1 atom stereocenters. The molecule has 0 spiro atoms. The highest BCUT2D eigenvalue weighted by atomic mass is 16.5. The van der Waals surface area contributed by atoms with E-state index in [1.807, 2.05) is 12.1 Å². The van der Waals surface area contributed by atoms with Gasteiger partial charge in [0.15, 0.2) is 0 Å². The third kappa shape index (κ3) is 4.01. The van der Waals surface area contributed by atoms with Crippen molar-refractivity contribution < 1.29 is 4.74 Å². The molecule has 0 aromatic heterocycles. The summed E-state index contributed by atoms with van der Waals surface area (Å²) in [5, 5.41) is 3.61. The third-order valence-electron chi connectivity index (χ3n) is 3.84. The van der Waals surface area contributed by atoms with Crippen LogP contribution in [0, 0.1) is 0 Å². The van der Waals surface area contributed by atoms with Gasteiger partial charge in [-0.15, -0.1) is 0 Å². The molecule has 112 valence electrons. The lowest BCUT2D eigenvalue weighted by Gasteiger charge is -2.19. The monoisotopic (exact) mass is 283 g/mol. The number of rotatable bonds is 6. The van der Waals surface area contributed by atoms with Gasteiger partial charge in [-0.25, -0.2) is 0 Å². The van der Waals surface area contributed by atoms with E-state index in [0.717, 1.165) is 12.2 Å². The normalized spacial score (nSPS) is 12.2. The number of nitrogens with one attached hydrogen (secondary N) is 1. The summed E-state index contributed by atoms with van der Waals surface area (Å²) in [6, 6.07) is 17.3. The van der Waals surface area contributed by atoms with Gasteiger partial charge in [-0.2, -0.15) is 0 Å². The second kappa shape index (κ2) is 7.16. The van der Waals surface area contributed by atoms with Crippen LogP contribution in [0.4, 0.5) is 5.69 Å². The van der Waals surface area contributed by atoms with Crippen LogP contribution in [0.3, 0.4) is 0 Å². The lowest BCUT2D eigenvalue weighted by atomic mass is 10.0. The van der Waals surface area contributed by atoms with Crippen LogP contribution in [-0.2, 0) is 0 Å². The summed E-state index contributed by atoms with van der Waals surface area (Å²) in [7, 11) is 1.70. The number of benzene rings is 2. The molecule has 0 aliphatic heterocycles. The van der Waals surface area contributed by atoms with E-state index in [-0.39, 0.29) is 0 Å². The summed E-state index contributed by atoms with van der Waals surface area (Å²) >= 11 is 0. The van der Waals surface area contributed by atoms with Crippen LogP contribution >= 0.6 is 0 Å². The van der Waals surface area contributed by atoms with Crippen LogP contribution in [0.5, 0.6) is 5.75 Å². The van der Waals surface area contributed by atoms with Crippen molar-refractivity contribution in [1.82, 2.24) is 0 Å². The van der Waals surface area contributed by atoms with Crippen LogP contribution in [-0.4, -0.2) is 7.11 Å². The fraction of sp³-hybridized carbons (Fsp3) is 0.368. The SMILES string of the molecule is CCC(Nc1ccc(C(C)C)cc1)c1ccc(OC)cc1. The van der Waals surface area contributed by atoms with Gasteiger partial charge in [-0.3, -0.25) is 0 Å². The van der Waals surface area contributed by atoms with E-state index in [4.69, 9.17) is 4.74 Å². The van der Waals surface area contributed by atoms with Crippen LogP contribution < -0.4 is 10.1 Å². The number of anilines is 1. The highest BCUT2D eigenvalue weighted by molar-refractivity contribution is 5.47. The molecular formula is C19H25NO. The number of hydrogen-bond donors (Lipinski definition) is 1. The van der Waals surface area contributed by atoms with E-state index in [0.29, 0.717) is 12.0 Å². The molecule has 1 unspecified atom stereocenters. The van der Waals surface area contributed by atoms with E-state index in [1.54, 1.807) is 7.11 Å². The van der Waals surface area contributed by atoms with Crippen molar-refractivity contribution in [3.63, 3.8) is 0 Å². The molecule has 0 saturated heterocycles. The first-order chi connectivity index (χ1) is 10.1. The zero-order valence-electron chi connectivity index (χ0n) is 13.4. The molecule has 0 saturated carbocycles. The molecule has 0 aliphatic rings. The maximum atomic E-state index is 5.22. The van der Waals surface area contributed by atoms with E-state index >= 15 is 0 Å². The molecule has 2 rings (SSSR count). The first-order valence-electron chi connectivity index (χ1n) is 7.64. The fourth-order valence-corrected chi connectivity index (χ4v) is 2.42. The van der Waals surface area contributed by atoms with Crippen molar-refractivity contribution in [2.75, 3.05) is 12.4 Å². The van der Waals surface area contributed by atoms with E-state index < -0.39 is 0 Å². The molecule has 0 radical (unpaired) electrons. The predicted molar refractivity (Wildman–Crippen MR) is 90.2 cm³/mol. The first-order valence-corrected chi connectivity index (χ1v) is 7.64. The van der Waals surface area contributed by atoms with Crippen LogP contribution in [0.2, 0.25) is 0 Å². The van der Waals surface area contributed by atoms with E-state index in [9.17, 15) is 0 Å². The van der Waals surface area contributed by atoms with Crippen molar-refractivity contribution in [2.24, 2.45) is 0 Å². The minimum atomic E-state index is 0.320. The predicted octanol–water partition coefficient (Wildman–Crippen LogP) is 5.38. The minimum absolute atomic E-state index is 0.320. The molecule has 21 heavy (non-hydrogen) atoms.